The summed E-state index contributed by atoms with van der Waals surface area (Å²) in [5, 5.41) is 3.54. The first-order chi connectivity index (χ1) is 9.54. The van der Waals surface area contributed by atoms with Crippen LogP contribution in [0.3, 0.4) is 0 Å². The molecule has 0 radical (unpaired) electrons. The number of carbonyl (C=O) groups excluding carboxylic acids is 1. The molecule has 1 heterocycles. The highest BCUT2D eigenvalue weighted by atomic mass is 19.1. The third-order valence-electron chi connectivity index (χ3n) is 2.76. The maximum Gasteiger partial charge on any atom is 0.244 e. The van der Waals surface area contributed by atoms with Crippen molar-refractivity contribution in [3.63, 3.8) is 0 Å². The molecule has 0 saturated carbocycles. The smallest absolute Gasteiger partial charge is 0.244 e. The number of amides is 1. The van der Waals surface area contributed by atoms with E-state index in [1.54, 1.807) is 24.3 Å². The molecular formula is C16H17FN2O. The summed E-state index contributed by atoms with van der Waals surface area (Å²) in [6.45, 7) is 4.72. The van der Waals surface area contributed by atoms with Gasteiger partial charge in [0.2, 0.25) is 5.91 Å². The molecule has 2 aromatic rings. The van der Waals surface area contributed by atoms with E-state index in [1.807, 2.05) is 13.8 Å². The number of benzene rings is 1. The Hall–Kier alpha value is -2.23. The predicted molar refractivity (Wildman–Crippen MR) is 78.6 cm³/mol. The number of fused-ring (bicyclic) bond motifs is 1. The molecule has 1 N–H and O–H groups in total. The first kappa shape index (κ1) is 14.2. The van der Waals surface area contributed by atoms with Crippen molar-refractivity contribution in [3.8, 4) is 0 Å². The number of hydrogen-bond acceptors (Lipinski definition) is 2. The predicted octanol–water partition coefficient (Wildman–Crippen LogP) is 3.16. The Labute approximate surface area is 117 Å². The highest BCUT2D eigenvalue weighted by Gasteiger charge is 2.00. The summed E-state index contributed by atoms with van der Waals surface area (Å²) in [6.07, 6.45) is 3.11. The maximum absolute atomic E-state index is 13.0. The van der Waals surface area contributed by atoms with Crippen LogP contribution in [0, 0.1) is 11.7 Å². The van der Waals surface area contributed by atoms with E-state index < -0.39 is 0 Å². The summed E-state index contributed by atoms with van der Waals surface area (Å²) in [6, 6.07) is 7.98. The first-order valence-electron chi connectivity index (χ1n) is 6.57. The van der Waals surface area contributed by atoms with E-state index in [0.717, 1.165) is 5.39 Å². The van der Waals surface area contributed by atoms with Gasteiger partial charge in [-0.15, -0.1) is 0 Å². The summed E-state index contributed by atoms with van der Waals surface area (Å²) in [4.78, 5) is 15.9. The molecule has 0 spiro atoms. The largest absolute Gasteiger partial charge is 0.352 e. The van der Waals surface area contributed by atoms with Crippen LogP contribution in [-0.2, 0) is 4.79 Å². The highest BCUT2D eigenvalue weighted by molar-refractivity contribution is 5.91. The standard InChI is InChI=1S/C16H17FN2O/c1-11(2)10-18-16(20)8-6-14-5-3-12-9-13(17)4-7-15(12)19-14/h3-9,11H,10H2,1-2H3,(H,18,20)/b8-6+. The van der Waals surface area contributed by atoms with Crippen LogP contribution in [-0.4, -0.2) is 17.4 Å². The fourth-order valence-electron chi connectivity index (χ4n) is 1.73. The second-order valence-electron chi connectivity index (χ2n) is 5.05. The van der Waals surface area contributed by atoms with Crippen molar-refractivity contribution < 1.29 is 9.18 Å². The van der Waals surface area contributed by atoms with Crippen LogP contribution in [0.2, 0.25) is 0 Å². The molecule has 0 unspecified atom stereocenters. The van der Waals surface area contributed by atoms with E-state index in [4.69, 9.17) is 0 Å². The van der Waals surface area contributed by atoms with E-state index in [0.29, 0.717) is 23.7 Å². The van der Waals surface area contributed by atoms with Gasteiger partial charge in [0.05, 0.1) is 11.2 Å². The zero-order chi connectivity index (χ0) is 14.5. The topological polar surface area (TPSA) is 42.0 Å². The number of halogens is 1. The second kappa shape index (κ2) is 6.28. The zero-order valence-corrected chi connectivity index (χ0v) is 11.6. The average Bonchev–Trinajstić information content (AvgIpc) is 2.42. The summed E-state index contributed by atoms with van der Waals surface area (Å²) in [5.41, 5.74) is 1.37. The molecule has 104 valence electrons. The fraction of sp³-hybridized carbons (Fsp3) is 0.250. The monoisotopic (exact) mass is 272 g/mol. The lowest BCUT2D eigenvalue weighted by Crippen LogP contribution is -2.25. The molecule has 1 aromatic heterocycles. The quantitative estimate of drug-likeness (QED) is 0.869. The van der Waals surface area contributed by atoms with Crippen LogP contribution in [0.1, 0.15) is 19.5 Å². The lowest BCUT2D eigenvalue weighted by Gasteiger charge is -2.04. The minimum Gasteiger partial charge on any atom is -0.352 e. The minimum atomic E-state index is -0.282. The van der Waals surface area contributed by atoms with Gasteiger partial charge >= 0.3 is 0 Å². The molecule has 20 heavy (non-hydrogen) atoms. The summed E-state index contributed by atoms with van der Waals surface area (Å²) >= 11 is 0. The number of rotatable bonds is 4. The maximum atomic E-state index is 13.0. The van der Waals surface area contributed by atoms with E-state index in [-0.39, 0.29) is 11.7 Å². The molecule has 1 amide bonds. The number of hydrogen-bond donors (Lipinski definition) is 1. The van der Waals surface area contributed by atoms with Gasteiger partial charge in [-0.3, -0.25) is 4.79 Å². The second-order valence-corrected chi connectivity index (χ2v) is 5.05. The van der Waals surface area contributed by atoms with Gasteiger partial charge in [0.25, 0.3) is 0 Å². The average molecular weight is 272 g/mol. The van der Waals surface area contributed by atoms with Crippen LogP contribution in [0.4, 0.5) is 4.39 Å². The van der Waals surface area contributed by atoms with Crippen LogP contribution >= 0.6 is 0 Å². The van der Waals surface area contributed by atoms with Crippen molar-refractivity contribution in [1.29, 1.82) is 0 Å². The SMILES string of the molecule is CC(C)CNC(=O)/C=C/c1ccc2cc(F)ccc2n1. The third kappa shape index (κ3) is 3.88. The molecule has 0 bridgehead atoms. The molecule has 0 aliphatic heterocycles. The summed E-state index contributed by atoms with van der Waals surface area (Å²) < 4.78 is 13.0. The summed E-state index contributed by atoms with van der Waals surface area (Å²) in [5.74, 6) is -0.00333. The van der Waals surface area contributed by atoms with Crippen molar-refractivity contribution >= 4 is 22.9 Å². The molecular weight excluding hydrogens is 255 g/mol. The Morgan fingerprint density at radius 1 is 1.35 bits per heavy atom. The molecule has 0 atom stereocenters. The molecule has 1 aromatic carbocycles. The van der Waals surface area contributed by atoms with Gasteiger partial charge < -0.3 is 5.32 Å². The van der Waals surface area contributed by atoms with Crippen LogP contribution in [0.25, 0.3) is 17.0 Å². The van der Waals surface area contributed by atoms with Crippen molar-refractivity contribution in [1.82, 2.24) is 10.3 Å². The van der Waals surface area contributed by atoms with Crippen LogP contribution in [0.5, 0.6) is 0 Å². The molecule has 0 saturated heterocycles. The lowest BCUT2D eigenvalue weighted by molar-refractivity contribution is -0.116. The normalized spacial score (nSPS) is 11.4. The lowest BCUT2D eigenvalue weighted by atomic mass is 10.2. The van der Waals surface area contributed by atoms with E-state index in [9.17, 15) is 9.18 Å². The Balaban J connectivity index is 2.09. The Bertz CT molecular complexity index is 650. The van der Waals surface area contributed by atoms with Crippen LogP contribution < -0.4 is 5.32 Å². The number of carbonyl (C=O) groups is 1. The first-order valence-corrected chi connectivity index (χ1v) is 6.57. The number of aromatic nitrogens is 1. The molecule has 0 aliphatic carbocycles. The number of pyridine rings is 1. The summed E-state index contributed by atoms with van der Waals surface area (Å²) in [7, 11) is 0. The Kier molecular flexibility index (Phi) is 4.45. The van der Waals surface area contributed by atoms with E-state index in [1.165, 1.54) is 18.2 Å². The zero-order valence-electron chi connectivity index (χ0n) is 11.6. The van der Waals surface area contributed by atoms with Crippen molar-refractivity contribution in [2.75, 3.05) is 6.54 Å². The van der Waals surface area contributed by atoms with Crippen molar-refractivity contribution in [3.05, 3.63) is 47.9 Å². The van der Waals surface area contributed by atoms with Crippen molar-refractivity contribution in [2.45, 2.75) is 13.8 Å². The molecule has 3 nitrogen and oxygen atoms in total. The van der Waals surface area contributed by atoms with Gasteiger partial charge in [-0.05, 0) is 36.3 Å². The number of nitrogens with zero attached hydrogens (tertiary/aromatic N) is 1. The Morgan fingerprint density at radius 3 is 2.90 bits per heavy atom. The van der Waals surface area contributed by atoms with Crippen LogP contribution in [0.15, 0.2) is 36.4 Å². The van der Waals surface area contributed by atoms with Gasteiger partial charge in [0.1, 0.15) is 5.82 Å². The molecule has 0 fully saturated rings. The Morgan fingerprint density at radius 2 is 2.15 bits per heavy atom. The highest BCUT2D eigenvalue weighted by Crippen LogP contribution is 2.14. The molecule has 2 rings (SSSR count). The van der Waals surface area contributed by atoms with Gasteiger partial charge in [0, 0.05) is 18.0 Å². The van der Waals surface area contributed by atoms with Gasteiger partial charge in [-0.25, -0.2) is 9.37 Å². The number of nitrogens with one attached hydrogen (secondary N) is 1. The fourth-order valence-corrected chi connectivity index (χ4v) is 1.73. The van der Waals surface area contributed by atoms with Gasteiger partial charge in [0.15, 0.2) is 0 Å². The molecule has 0 aliphatic rings. The third-order valence-corrected chi connectivity index (χ3v) is 2.76. The van der Waals surface area contributed by atoms with Gasteiger partial charge in [-0.2, -0.15) is 0 Å². The minimum absolute atomic E-state index is 0.139. The van der Waals surface area contributed by atoms with E-state index >= 15 is 0 Å². The van der Waals surface area contributed by atoms with Crippen molar-refractivity contribution in [2.24, 2.45) is 5.92 Å². The molecule has 4 heteroatoms. The van der Waals surface area contributed by atoms with E-state index in [2.05, 4.69) is 10.3 Å². The van der Waals surface area contributed by atoms with Gasteiger partial charge in [-0.1, -0.05) is 19.9 Å².